The molecule has 0 bridgehead atoms. The van der Waals surface area contributed by atoms with Crippen molar-refractivity contribution in [3.05, 3.63) is 0 Å². The number of carbonyl (C=O) groups is 1. The van der Waals surface area contributed by atoms with E-state index in [9.17, 15) is 4.79 Å². The Bertz CT molecular complexity index is 155. The van der Waals surface area contributed by atoms with Crippen LogP contribution in [0.25, 0.3) is 0 Å². The molecule has 0 spiro atoms. The lowest BCUT2D eigenvalue weighted by Gasteiger charge is -2.29. The van der Waals surface area contributed by atoms with Crippen molar-refractivity contribution in [3.8, 4) is 0 Å². The summed E-state index contributed by atoms with van der Waals surface area (Å²) < 4.78 is 4.95. The first kappa shape index (κ1) is 9.48. The van der Waals surface area contributed by atoms with Crippen LogP contribution in [0.15, 0.2) is 0 Å². The molecule has 0 unspecified atom stereocenters. The van der Waals surface area contributed by atoms with Crippen molar-refractivity contribution < 1.29 is 9.53 Å². The molecule has 4 nitrogen and oxygen atoms in total. The molecule has 1 aliphatic heterocycles. The highest BCUT2D eigenvalue weighted by molar-refractivity contribution is 5.80. The fourth-order valence-corrected chi connectivity index (χ4v) is 1.24. The molecule has 0 aromatic carbocycles. The van der Waals surface area contributed by atoms with Gasteiger partial charge >= 0.3 is 0 Å². The van der Waals surface area contributed by atoms with E-state index in [4.69, 9.17) is 4.74 Å². The molecular formula is C8H16N2O2. The molecule has 0 aromatic rings. The van der Waals surface area contributed by atoms with Gasteiger partial charge in [-0.25, -0.2) is 0 Å². The summed E-state index contributed by atoms with van der Waals surface area (Å²) in [5.74, 6) is 0.0963. The van der Waals surface area contributed by atoms with Crippen molar-refractivity contribution >= 4 is 5.91 Å². The second kappa shape index (κ2) is 4.42. The highest BCUT2D eigenvalue weighted by Crippen LogP contribution is 1.99. The fraction of sp³-hybridized carbons (Fsp3) is 0.875. The van der Waals surface area contributed by atoms with Gasteiger partial charge in [-0.3, -0.25) is 4.79 Å². The van der Waals surface area contributed by atoms with Crippen LogP contribution in [-0.4, -0.2) is 50.2 Å². The second-order valence-corrected chi connectivity index (χ2v) is 2.95. The summed E-state index contributed by atoms with van der Waals surface area (Å²) in [5.41, 5.74) is 0. The van der Waals surface area contributed by atoms with Crippen molar-refractivity contribution in [3.63, 3.8) is 0 Å². The van der Waals surface area contributed by atoms with E-state index < -0.39 is 0 Å². The largest absolute Gasteiger partial charge is 0.372 e. The maximum atomic E-state index is 11.5. The number of nitrogens with one attached hydrogen (secondary N) is 1. The number of ether oxygens (including phenoxy) is 1. The average molecular weight is 172 g/mol. The molecule has 1 saturated heterocycles. The van der Waals surface area contributed by atoms with Gasteiger partial charge in [-0.05, 0) is 6.92 Å². The van der Waals surface area contributed by atoms with Crippen LogP contribution in [0.2, 0.25) is 0 Å². The van der Waals surface area contributed by atoms with E-state index in [1.165, 1.54) is 0 Å². The van der Waals surface area contributed by atoms with E-state index in [2.05, 4.69) is 5.32 Å². The molecule has 1 N–H and O–H groups in total. The van der Waals surface area contributed by atoms with Crippen LogP contribution < -0.4 is 5.32 Å². The fourth-order valence-electron chi connectivity index (χ4n) is 1.24. The maximum Gasteiger partial charge on any atom is 0.251 e. The monoisotopic (exact) mass is 172 g/mol. The molecule has 12 heavy (non-hydrogen) atoms. The van der Waals surface area contributed by atoms with Crippen LogP contribution in [0.4, 0.5) is 0 Å². The summed E-state index contributed by atoms with van der Waals surface area (Å²) in [4.78, 5) is 13.3. The maximum absolute atomic E-state index is 11.5. The van der Waals surface area contributed by atoms with Crippen molar-refractivity contribution in [2.45, 2.75) is 13.0 Å². The van der Waals surface area contributed by atoms with Gasteiger partial charge in [0.25, 0.3) is 5.91 Å². The average Bonchev–Trinajstić information content (AvgIpc) is 2.17. The Kier molecular flexibility index (Phi) is 3.49. The van der Waals surface area contributed by atoms with Gasteiger partial charge in [0.15, 0.2) is 0 Å². The lowest BCUT2D eigenvalue weighted by atomic mass is 10.3. The van der Waals surface area contributed by atoms with Crippen molar-refractivity contribution in [2.24, 2.45) is 0 Å². The molecule has 1 atom stereocenters. The first-order chi connectivity index (χ1) is 5.75. The Morgan fingerprint density at radius 2 is 2.08 bits per heavy atom. The molecule has 1 aliphatic rings. The predicted octanol–water partition coefficient (Wildman–Crippen LogP) is -0.547. The van der Waals surface area contributed by atoms with E-state index in [1.54, 1.807) is 14.0 Å². The van der Waals surface area contributed by atoms with Gasteiger partial charge in [-0.2, -0.15) is 0 Å². The number of piperazine rings is 1. The normalized spacial score (nSPS) is 20.7. The second-order valence-electron chi connectivity index (χ2n) is 2.95. The zero-order valence-electron chi connectivity index (χ0n) is 7.67. The lowest BCUT2D eigenvalue weighted by molar-refractivity contribution is -0.141. The third-order valence-electron chi connectivity index (χ3n) is 2.13. The highest BCUT2D eigenvalue weighted by Gasteiger charge is 2.20. The molecule has 1 rings (SSSR count). The van der Waals surface area contributed by atoms with Gasteiger partial charge in [-0.15, -0.1) is 0 Å². The molecule has 70 valence electrons. The molecule has 1 amide bonds. The molecular weight excluding hydrogens is 156 g/mol. The zero-order valence-corrected chi connectivity index (χ0v) is 7.67. The first-order valence-corrected chi connectivity index (χ1v) is 4.28. The lowest BCUT2D eigenvalue weighted by Crippen LogP contribution is -2.49. The zero-order chi connectivity index (χ0) is 8.97. The van der Waals surface area contributed by atoms with E-state index in [1.807, 2.05) is 4.90 Å². The molecule has 0 radical (unpaired) electrons. The van der Waals surface area contributed by atoms with Crippen molar-refractivity contribution in [2.75, 3.05) is 33.3 Å². The summed E-state index contributed by atoms with van der Waals surface area (Å²) >= 11 is 0. The molecule has 1 fully saturated rings. The van der Waals surface area contributed by atoms with Crippen molar-refractivity contribution in [1.82, 2.24) is 10.2 Å². The van der Waals surface area contributed by atoms with Crippen LogP contribution in [-0.2, 0) is 9.53 Å². The molecule has 1 heterocycles. The number of rotatable bonds is 2. The van der Waals surface area contributed by atoms with E-state index in [-0.39, 0.29) is 12.0 Å². The summed E-state index contributed by atoms with van der Waals surface area (Å²) in [6.45, 7) is 5.16. The first-order valence-electron chi connectivity index (χ1n) is 4.28. The van der Waals surface area contributed by atoms with E-state index in [0.717, 1.165) is 26.2 Å². The van der Waals surface area contributed by atoms with Crippen LogP contribution in [0.5, 0.6) is 0 Å². The topological polar surface area (TPSA) is 41.6 Å². The number of carbonyl (C=O) groups excluding carboxylic acids is 1. The van der Waals surface area contributed by atoms with Crippen LogP contribution >= 0.6 is 0 Å². The predicted molar refractivity (Wildman–Crippen MR) is 45.9 cm³/mol. The summed E-state index contributed by atoms with van der Waals surface area (Å²) in [6, 6.07) is 0. The minimum absolute atomic E-state index is 0.0963. The van der Waals surface area contributed by atoms with Crippen molar-refractivity contribution in [1.29, 1.82) is 0 Å². The van der Waals surface area contributed by atoms with E-state index >= 15 is 0 Å². The number of hydrogen-bond donors (Lipinski definition) is 1. The Morgan fingerprint density at radius 3 is 2.58 bits per heavy atom. The quantitative estimate of drug-likeness (QED) is 0.608. The summed E-state index contributed by atoms with van der Waals surface area (Å²) in [7, 11) is 1.56. The Hall–Kier alpha value is -0.610. The van der Waals surface area contributed by atoms with Gasteiger partial charge in [0.05, 0.1) is 0 Å². The smallest absolute Gasteiger partial charge is 0.251 e. The third kappa shape index (κ3) is 2.19. The minimum atomic E-state index is -0.303. The Morgan fingerprint density at radius 1 is 1.50 bits per heavy atom. The number of hydrogen-bond acceptors (Lipinski definition) is 3. The molecule has 0 saturated carbocycles. The van der Waals surface area contributed by atoms with Gasteiger partial charge in [0, 0.05) is 33.3 Å². The standard InChI is InChI=1S/C8H16N2O2/c1-7(12-2)8(11)10-5-3-9-4-6-10/h7,9H,3-6H2,1-2H3/t7-/m1/s1. The Balaban J connectivity index is 2.39. The van der Waals surface area contributed by atoms with Gasteiger partial charge in [-0.1, -0.05) is 0 Å². The minimum Gasteiger partial charge on any atom is -0.372 e. The summed E-state index contributed by atoms with van der Waals surface area (Å²) in [5, 5.41) is 3.19. The highest BCUT2D eigenvalue weighted by atomic mass is 16.5. The number of nitrogens with zero attached hydrogens (tertiary/aromatic N) is 1. The molecule has 0 aliphatic carbocycles. The Labute approximate surface area is 72.9 Å². The van der Waals surface area contributed by atoms with Gasteiger partial charge in [0.1, 0.15) is 6.10 Å². The van der Waals surface area contributed by atoms with Crippen LogP contribution in [0, 0.1) is 0 Å². The van der Waals surface area contributed by atoms with Crippen LogP contribution in [0.3, 0.4) is 0 Å². The SMILES string of the molecule is CO[C@H](C)C(=O)N1CCNCC1. The molecule has 4 heteroatoms. The number of amides is 1. The third-order valence-corrected chi connectivity index (χ3v) is 2.13. The van der Waals surface area contributed by atoms with E-state index in [0.29, 0.717) is 0 Å². The van der Waals surface area contributed by atoms with Gasteiger partial charge in [0.2, 0.25) is 0 Å². The van der Waals surface area contributed by atoms with Crippen LogP contribution in [0.1, 0.15) is 6.92 Å². The van der Waals surface area contributed by atoms with Gasteiger partial charge < -0.3 is 15.0 Å². The summed E-state index contributed by atoms with van der Waals surface area (Å²) in [6.07, 6.45) is -0.303. The molecule has 0 aromatic heterocycles. The number of methoxy groups -OCH3 is 1.